The molecule has 0 aliphatic heterocycles. The number of ketones is 1. The highest BCUT2D eigenvalue weighted by Gasteiger charge is 2.31. The maximum absolute atomic E-state index is 13.1. The van der Waals surface area contributed by atoms with E-state index >= 15 is 0 Å². The summed E-state index contributed by atoms with van der Waals surface area (Å²) in [6.07, 6.45) is 1.88. The molecule has 1 aliphatic carbocycles. The molecule has 0 bridgehead atoms. The highest BCUT2D eigenvalue weighted by Crippen LogP contribution is 2.27. The van der Waals surface area contributed by atoms with Crippen LogP contribution in [-0.2, 0) is 22.4 Å². The molecule has 36 heavy (non-hydrogen) atoms. The molecule has 1 unspecified atom stereocenters. The number of carbonyl (C=O) groups is 3. The number of fused-ring (bicyclic) bond motifs is 1. The second-order valence-electron chi connectivity index (χ2n) is 11.0. The zero-order valence-corrected chi connectivity index (χ0v) is 22.8. The minimum atomic E-state index is -0.633. The van der Waals surface area contributed by atoms with E-state index in [4.69, 9.17) is 9.47 Å². The van der Waals surface area contributed by atoms with Gasteiger partial charge in [-0.1, -0.05) is 50.2 Å². The number of hydrogen-bond donors (Lipinski definition) is 1. The van der Waals surface area contributed by atoms with Gasteiger partial charge in [0.05, 0.1) is 6.42 Å². The molecule has 7 heteroatoms. The van der Waals surface area contributed by atoms with Gasteiger partial charge in [0.1, 0.15) is 11.4 Å². The number of rotatable bonds is 8. The highest BCUT2D eigenvalue weighted by molar-refractivity contribution is 7.81. The summed E-state index contributed by atoms with van der Waals surface area (Å²) in [6, 6.07) is 14.9. The van der Waals surface area contributed by atoms with E-state index in [1.54, 1.807) is 17.0 Å². The Morgan fingerprint density at radius 2 is 1.69 bits per heavy atom. The van der Waals surface area contributed by atoms with Crippen LogP contribution in [0.1, 0.15) is 68.9 Å². The predicted octanol–water partition coefficient (Wildman–Crippen LogP) is 5.92. The third kappa shape index (κ3) is 8.40. The molecule has 0 saturated heterocycles. The molecule has 0 N–H and O–H groups in total. The summed E-state index contributed by atoms with van der Waals surface area (Å²) >= 11 is 4.37. The third-order valence-corrected chi connectivity index (χ3v) is 6.07. The van der Waals surface area contributed by atoms with Crippen LogP contribution in [0.2, 0.25) is 0 Å². The van der Waals surface area contributed by atoms with Gasteiger partial charge in [0.2, 0.25) is 0 Å². The SMILES string of the molecule is CC(C)(S)CC(=O)Oc1ccc(CCN(CC2CCc3ccccc3C2=O)C(=O)OC(C)(C)C)cc1. The van der Waals surface area contributed by atoms with E-state index in [9.17, 15) is 14.4 Å². The molecule has 0 radical (unpaired) electrons. The molecule has 194 valence electrons. The number of nitrogens with zero attached hydrogens (tertiary/aromatic N) is 1. The lowest BCUT2D eigenvalue weighted by molar-refractivity contribution is -0.134. The molecule has 0 spiro atoms. The van der Waals surface area contributed by atoms with Crippen molar-refractivity contribution in [1.29, 1.82) is 0 Å². The number of benzene rings is 2. The summed E-state index contributed by atoms with van der Waals surface area (Å²) in [6.45, 7) is 9.94. The summed E-state index contributed by atoms with van der Waals surface area (Å²) in [7, 11) is 0. The molecule has 1 atom stereocenters. The van der Waals surface area contributed by atoms with Crippen molar-refractivity contribution in [2.75, 3.05) is 13.1 Å². The Bertz CT molecular complexity index is 1080. The van der Waals surface area contributed by atoms with Gasteiger partial charge in [0, 0.05) is 29.3 Å². The van der Waals surface area contributed by atoms with Crippen molar-refractivity contribution in [3.05, 3.63) is 65.2 Å². The number of Topliss-reactive ketones (excluding diaryl/α,β-unsaturated/α-hetero) is 1. The third-order valence-electron chi connectivity index (χ3n) is 5.91. The van der Waals surface area contributed by atoms with Crippen LogP contribution in [0.15, 0.2) is 48.5 Å². The van der Waals surface area contributed by atoms with Crippen LogP contribution < -0.4 is 4.74 Å². The van der Waals surface area contributed by atoms with Crippen LogP contribution in [0, 0.1) is 5.92 Å². The zero-order valence-electron chi connectivity index (χ0n) is 21.9. The van der Waals surface area contributed by atoms with Crippen LogP contribution in [0.3, 0.4) is 0 Å². The van der Waals surface area contributed by atoms with Gasteiger partial charge in [-0.05, 0) is 63.3 Å². The minimum Gasteiger partial charge on any atom is -0.444 e. The number of carbonyl (C=O) groups excluding carboxylic acids is 3. The molecule has 0 saturated carbocycles. The molecule has 6 nitrogen and oxygen atoms in total. The number of thiol groups is 1. The fourth-order valence-corrected chi connectivity index (χ4v) is 4.32. The Morgan fingerprint density at radius 3 is 2.33 bits per heavy atom. The fourth-order valence-electron chi connectivity index (χ4n) is 4.19. The van der Waals surface area contributed by atoms with Crippen molar-refractivity contribution < 1.29 is 23.9 Å². The number of hydrogen-bond acceptors (Lipinski definition) is 6. The standard InChI is InChI=1S/C29H37NO5S/c1-28(2,3)35-27(33)30(19-22-13-12-21-8-6-7-9-24(21)26(22)32)17-16-20-10-14-23(15-11-20)34-25(31)18-29(4,5)36/h6-11,14-15,22,36H,12-13,16-19H2,1-5H3. The van der Waals surface area contributed by atoms with Gasteiger partial charge >= 0.3 is 12.1 Å². The summed E-state index contributed by atoms with van der Waals surface area (Å²) < 4.78 is 10.6. The Kier molecular flexibility index (Phi) is 8.88. The first-order valence-electron chi connectivity index (χ1n) is 12.4. The summed E-state index contributed by atoms with van der Waals surface area (Å²) in [5.41, 5.74) is 2.18. The smallest absolute Gasteiger partial charge is 0.410 e. The lowest BCUT2D eigenvalue weighted by atomic mass is 9.82. The monoisotopic (exact) mass is 511 g/mol. The molecule has 1 aliphatic rings. The first-order valence-corrected chi connectivity index (χ1v) is 12.9. The molecule has 0 aromatic heterocycles. The lowest BCUT2D eigenvalue weighted by Crippen LogP contribution is -2.43. The number of aryl methyl sites for hydroxylation is 1. The van der Waals surface area contributed by atoms with E-state index in [1.807, 2.05) is 71.0 Å². The first kappa shape index (κ1) is 27.8. The molecular formula is C29H37NO5S. The Balaban J connectivity index is 1.66. The van der Waals surface area contributed by atoms with Gasteiger partial charge in [-0.15, -0.1) is 0 Å². The van der Waals surface area contributed by atoms with Crippen molar-refractivity contribution in [1.82, 2.24) is 4.90 Å². The van der Waals surface area contributed by atoms with Crippen molar-refractivity contribution in [2.24, 2.45) is 5.92 Å². The second kappa shape index (κ2) is 11.5. The molecule has 0 heterocycles. The number of amides is 1. The zero-order chi connectivity index (χ0) is 26.5. The predicted molar refractivity (Wildman–Crippen MR) is 144 cm³/mol. The van der Waals surface area contributed by atoms with Gasteiger partial charge < -0.3 is 14.4 Å². The van der Waals surface area contributed by atoms with Crippen LogP contribution >= 0.6 is 12.6 Å². The summed E-state index contributed by atoms with van der Waals surface area (Å²) in [5.74, 6) is -0.0411. The van der Waals surface area contributed by atoms with Crippen molar-refractivity contribution in [2.45, 2.75) is 70.7 Å². The van der Waals surface area contributed by atoms with Crippen LogP contribution in [0.4, 0.5) is 4.79 Å². The van der Waals surface area contributed by atoms with Crippen LogP contribution in [-0.4, -0.2) is 46.2 Å². The minimum absolute atomic E-state index is 0.0842. The average Bonchev–Trinajstić information content (AvgIpc) is 2.76. The molecular weight excluding hydrogens is 474 g/mol. The number of esters is 1. The van der Waals surface area contributed by atoms with E-state index in [2.05, 4.69) is 12.6 Å². The summed E-state index contributed by atoms with van der Waals surface area (Å²) in [5, 5.41) is 0. The van der Waals surface area contributed by atoms with Gasteiger partial charge in [-0.25, -0.2) is 4.79 Å². The Morgan fingerprint density at radius 1 is 1.03 bits per heavy atom. The molecule has 2 aromatic carbocycles. The van der Waals surface area contributed by atoms with Gasteiger partial charge in [-0.3, -0.25) is 9.59 Å². The molecule has 0 fully saturated rings. The molecule has 1 amide bonds. The van der Waals surface area contributed by atoms with E-state index in [-0.39, 0.29) is 24.1 Å². The van der Waals surface area contributed by atoms with Gasteiger partial charge in [0.25, 0.3) is 0 Å². The Hall–Kier alpha value is -2.80. The van der Waals surface area contributed by atoms with Crippen LogP contribution in [0.5, 0.6) is 5.75 Å². The van der Waals surface area contributed by atoms with Crippen molar-refractivity contribution in [3.63, 3.8) is 0 Å². The number of ether oxygens (including phenoxy) is 2. The maximum atomic E-state index is 13.1. The van der Waals surface area contributed by atoms with E-state index in [0.29, 0.717) is 31.7 Å². The highest BCUT2D eigenvalue weighted by atomic mass is 32.1. The fraction of sp³-hybridized carbons (Fsp3) is 0.483. The van der Waals surface area contributed by atoms with E-state index in [1.165, 1.54) is 0 Å². The van der Waals surface area contributed by atoms with E-state index in [0.717, 1.165) is 23.1 Å². The quantitative estimate of drug-likeness (QED) is 0.271. The largest absolute Gasteiger partial charge is 0.444 e. The normalized spacial score (nSPS) is 15.7. The van der Waals surface area contributed by atoms with E-state index < -0.39 is 16.4 Å². The summed E-state index contributed by atoms with van der Waals surface area (Å²) in [4.78, 5) is 39.8. The molecule has 3 rings (SSSR count). The average molecular weight is 512 g/mol. The van der Waals surface area contributed by atoms with Crippen LogP contribution in [0.25, 0.3) is 0 Å². The van der Waals surface area contributed by atoms with Crippen molar-refractivity contribution >= 4 is 30.5 Å². The topological polar surface area (TPSA) is 72.9 Å². The van der Waals surface area contributed by atoms with Gasteiger partial charge in [-0.2, -0.15) is 12.6 Å². The maximum Gasteiger partial charge on any atom is 0.410 e. The van der Waals surface area contributed by atoms with Crippen molar-refractivity contribution in [3.8, 4) is 5.75 Å². The lowest BCUT2D eigenvalue weighted by Gasteiger charge is -2.31. The van der Waals surface area contributed by atoms with Gasteiger partial charge in [0.15, 0.2) is 5.78 Å². The Labute approximate surface area is 219 Å². The second-order valence-corrected chi connectivity index (χ2v) is 12.3. The first-order chi connectivity index (χ1) is 16.8. The molecule has 2 aromatic rings.